The van der Waals surface area contributed by atoms with Crippen molar-refractivity contribution in [1.82, 2.24) is 0 Å². The predicted octanol–water partition coefficient (Wildman–Crippen LogP) is 1.51. The molecule has 1 saturated heterocycles. The van der Waals surface area contributed by atoms with E-state index in [2.05, 4.69) is 0 Å². The molecule has 3 heteroatoms. The van der Waals surface area contributed by atoms with Gasteiger partial charge in [0.1, 0.15) is 0 Å². The number of hydrogen-bond donors (Lipinski definition) is 0. The second-order valence-electron chi connectivity index (χ2n) is 4.01. The van der Waals surface area contributed by atoms with Crippen LogP contribution in [0, 0.1) is 5.92 Å². The fourth-order valence-electron chi connectivity index (χ4n) is 1.86. The van der Waals surface area contributed by atoms with Crippen LogP contribution in [0.4, 0.5) is 0 Å². The molecule has 0 bridgehead atoms. The van der Waals surface area contributed by atoms with E-state index in [4.69, 9.17) is 4.74 Å². The van der Waals surface area contributed by atoms with Gasteiger partial charge >= 0.3 is 0 Å². The van der Waals surface area contributed by atoms with Crippen molar-refractivity contribution in [2.75, 3.05) is 6.61 Å². The topological polar surface area (TPSA) is 9.23 Å². The molecule has 0 aromatic carbocycles. The minimum Gasteiger partial charge on any atom is -0.382 e. The van der Waals surface area contributed by atoms with Crippen LogP contribution in [0.25, 0.3) is 0 Å². The molecule has 1 saturated carbocycles. The van der Waals surface area contributed by atoms with E-state index in [1.165, 1.54) is 32.1 Å². The van der Waals surface area contributed by atoms with Gasteiger partial charge in [-0.05, 0) is 25.2 Å². The summed E-state index contributed by atoms with van der Waals surface area (Å²) in [5.41, 5.74) is 0.768. The summed E-state index contributed by atoms with van der Waals surface area (Å²) in [6, 6.07) is 1.57. The molecule has 0 N–H and O–H groups in total. The van der Waals surface area contributed by atoms with Crippen molar-refractivity contribution in [3.8, 4) is 0 Å². The van der Waals surface area contributed by atoms with E-state index in [0.717, 1.165) is 18.3 Å². The normalized spacial score (nSPS) is 30.5. The van der Waals surface area contributed by atoms with Crippen LogP contribution in [0.1, 0.15) is 32.1 Å². The zero-order valence-corrected chi connectivity index (χ0v) is 10.6. The van der Waals surface area contributed by atoms with Crippen LogP contribution in [0.3, 0.4) is 0 Å². The molecule has 1 radical (unpaired) electrons. The first kappa shape index (κ1) is 10.9. The Morgan fingerprint density at radius 3 is 2.58 bits per heavy atom. The van der Waals surface area contributed by atoms with Crippen molar-refractivity contribution in [3.63, 3.8) is 0 Å². The van der Waals surface area contributed by atoms with Gasteiger partial charge in [-0.1, -0.05) is 18.9 Å². The van der Waals surface area contributed by atoms with E-state index in [1.54, 1.807) is 6.04 Å². The molecular weight excluding hydrogens is 255 g/mol. The van der Waals surface area contributed by atoms with Crippen LogP contribution in [0.5, 0.6) is 0 Å². The van der Waals surface area contributed by atoms with E-state index >= 15 is 0 Å². The quantitative estimate of drug-likeness (QED) is 0.708. The van der Waals surface area contributed by atoms with Gasteiger partial charge in [0.05, 0.1) is 9.52 Å². The van der Waals surface area contributed by atoms with Gasteiger partial charge in [-0.2, -0.15) is 0 Å². The second kappa shape index (κ2) is 5.51. The molecule has 1 nitrogen and oxygen atoms in total. The van der Waals surface area contributed by atoms with Gasteiger partial charge in [0, 0.05) is 31.8 Å². The first-order valence-electron chi connectivity index (χ1n) is 5.07. The second-order valence-corrected chi connectivity index (χ2v) is 6.07. The van der Waals surface area contributed by atoms with E-state index in [0.29, 0.717) is 0 Å². The molecule has 0 spiro atoms. The summed E-state index contributed by atoms with van der Waals surface area (Å²) in [6.07, 6.45) is 7.19. The molecule has 0 aromatic heterocycles. The molecule has 12 heavy (non-hydrogen) atoms. The fraction of sp³-hybridized carbons (Fsp3) is 1.00. The average molecular weight is 273 g/mol. The zero-order chi connectivity index (χ0) is 7.52. The molecule has 2 rings (SSSR count). The van der Waals surface area contributed by atoms with E-state index in [-0.39, 0.29) is 29.0 Å². The standard InChI is InChI=1S/C9H18OSi.Rh/c1-2-6-10-9(3-1)11-7-8-4-5-8;/h8-9H,1-7,11H2;. The van der Waals surface area contributed by atoms with Gasteiger partial charge in [0.25, 0.3) is 0 Å². The van der Waals surface area contributed by atoms with Crippen molar-refractivity contribution < 1.29 is 24.2 Å². The van der Waals surface area contributed by atoms with Gasteiger partial charge < -0.3 is 4.74 Å². The monoisotopic (exact) mass is 273 g/mol. The smallest absolute Gasteiger partial charge is 0.0558 e. The Hall–Kier alpha value is 0.800. The van der Waals surface area contributed by atoms with Crippen molar-refractivity contribution in [2.24, 2.45) is 5.92 Å². The molecule has 0 amide bonds. The minimum absolute atomic E-state index is 0. The Labute approximate surface area is 90.2 Å². The number of rotatable bonds is 3. The Bertz CT molecular complexity index is 122. The zero-order valence-electron chi connectivity index (χ0n) is 7.55. The molecule has 73 valence electrons. The summed E-state index contributed by atoms with van der Waals surface area (Å²) < 4.78 is 5.72. The first-order chi connectivity index (χ1) is 5.45. The van der Waals surface area contributed by atoms with Crippen LogP contribution in [-0.2, 0) is 24.2 Å². The van der Waals surface area contributed by atoms with E-state index in [1.807, 2.05) is 0 Å². The molecule has 0 aromatic rings. The minimum atomic E-state index is 0. The number of hydrogen-bond acceptors (Lipinski definition) is 1. The maximum atomic E-state index is 5.72. The molecule has 1 aliphatic carbocycles. The van der Waals surface area contributed by atoms with E-state index < -0.39 is 0 Å². The Morgan fingerprint density at radius 2 is 2.00 bits per heavy atom. The van der Waals surface area contributed by atoms with Crippen LogP contribution in [0.2, 0.25) is 6.04 Å². The number of ether oxygens (including phenoxy) is 1. The Morgan fingerprint density at radius 1 is 1.17 bits per heavy atom. The first-order valence-corrected chi connectivity index (χ1v) is 6.88. The molecule has 1 heterocycles. The van der Waals surface area contributed by atoms with Gasteiger partial charge in [-0.3, -0.25) is 0 Å². The van der Waals surface area contributed by atoms with Gasteiger partial charge in [-0.15, -0.1) is 0 Å². The summed E-state index contributed by atoms with van der Waals surface area (Å²) in [7, 11) is 0.158. The van der Waals surface area contributed by atoms with Gasteiger partial charge in [-0.25, -0.2) is 0 Å². The molecule has 2 fully saturated rings. The third kappa shape index (κ3) is 3.68. The van der Waals surface area contributed by atoms with Crippen LogP contribution >= 0.6 is 0 Å². The summed E-state index contributed by atoms with van der Waals surface area (Å²) in [5.74, 6) is 1.15. The molecular formula is C9H18ORhSi. The van der Waals surface area contributed by atoms with Gasteiger partial charge in [0.2, 0.25) is 0 Å². The molecule has 1 aliphatic heterocycles. The summed E-state index contributed by atoms with van der Waals surface area (Å²) >= 11 is 0. The molecule has 1 unspecified atom stereocenters. The van der Waals surface area contributed by atoms with E-state index in [9.17, 15) is 0 Å². The summed E-state index contributed by atoms with van der Waals surface area (Å²) in [6.45, 7) is 1.06. The summed E-state index contributed by atoms with van der Waals surface area (Å²) in [4.78, 5) is 0. The third-order valence-corrected chi connectivity index (χ3v) is 5.31. The predicted molar refractivity (Wildman–Crippen MR) is 49.7 cm³/mol. The van der Waals surface area contributed by atoms with Crippen molar-refractivity contribution in [3.05, 3.63) is 0 Å². The van der Waals surface area contributed by atoms with Crippen molar-refractivity contribution in [1.29, 1.82) is 0 Å². The largest absolute Gasteiger partial charge is 0.382 e. The fourth-order valence-corrected chi connectivity index (χ4v) is 4.19. The average Bonchev–Trinajstić information content (AvgIpc) is 2.86. The summed E-state index contributed by atoms with van der Waals surface area (Å²) in [5, 5.41) is 0. The molecule has 1 atom stereocenters. The van der Waals surface area contributed by atoms with Gasteiger partial charge in [0.15, 0.2) is 0 Å². The maximum absolute atomic E-state index is 5.72. The third-order valence-electron chi connectivity index (χ3n) is 2.87. The Kier molecular flexibility index (Phi) is 5.00. The van der Waals surface area contributed by atoms with Crippen molar-refractivity contribution >= 4 is 9.52 Å². The maximum Gasteiger partial charge on any atom is 0.0558 e. The van der Waals surface area contributed by atoms with Crippen LogP contribution in [-0.4, -0.2) is 21.9 Å². The Balaban J connectivity index is 0.000000720. The van der Waals surface area contributed by atoms with Crippen molar-refractivity contribution in [2.45, 2.75) is 43.9 Å². The van der Waals surface area contributed by atoms with Crippen LogP contribution < -0.4 is 0 Å². The SMILES string of the molecule is C1CCC([SiH2]CC2CC2)OC1.[Rh]. The van der Waals surface area contributed by atoms with Crippen LogP contribution in [0.15, 0.2) is 0 Å². The molecule has 2 aliphatic rings.